The van der Waals surface area contributed by atoms with Gasteiger partial charge in [-0.1, -0.05) is 45.2 Å². The van der Waals surface area contributed by atoms with Gasteiger partial charge in [0.2, 0.25) is 0 Å². The summed E-state index contributed by atoms with van der Waals surface area (Å²) in [5.41, 5.74) is 1.52. The quantitative estimate of drug-likeness (QED) is 0.425. The van der Waals surface area contributed by atoms with Gasteiger partial charge in [-0.25, -0.2) is 8.78 Å². The molecule has 0 radical (unpaired) electrons. The Morgan fingerprint density at radius 2 is 1.40 bits per heavy atom. The zero-order valence-electron chi connectivity index (χ0n) is 15.0. The Labute approximate surface area is 149 Å². The second-order valence-corrected chi connectivity index (χ2v) is 6.20. The summed E-state index contributed by atoms with van der Waals surface area (Å²) in [4.78, 5) is 0. The summed E-state index contributed by atoms with van der Waals surface area (Å²) in [5.74, 6) is -0.110. The standard InChI is InChI=1S/C22H26F2O/c1-3-5-6-8-21(23)22(24)18-11-15-20(16-12-18)25-19-13-9-17(7-4-2)10-14-19/h9-16H,3-8H2,1-2H3/b22-21+. The molecule has 0 aromatic heterocycles. The molecule has 0 bridgehead atoms. The van der Waals surface area contributed by atoms with Crippen LogP contribution < -0.4 is 4.74 Å². The zero-order chi connectivity index (χ0) is 18.1. The van der Waals surface area contributed by atoms with Gasteiger partial charge in [-0.05, 0) is 54.8 Å². The van der Waals surface area contributed by atoms with E-state index in [0.717, 1.165) is 31.4 Å². The fourth-order valence-corrected chi connectivity index (χ4v) is 2.61. The number of rotatable bonds is 9. The topological polar surface area (TPSA) is 9.23 Å². The summed E-state index contributed by atoms with van der Waals surface area (Å²) in [5, 5.41) is 0. The van der Waals surface area contributed by atoms with Crippen molar-refractivity contribution in [2.45, 2.75) is 52.4 Å². The van der Waals surface area contributed by atoms with Crippen molar-refractivity contribution in [3.05, 3.63) is 65.5 Å². The Hall–Kier alpha value is -2.16. The van der Waals surface area contributed by atoms with E-state index in [1.807, 2.05) is 31.2 Å². The lowest BCUT2D eigenvalue weighted by atomic mass is 10.1. The lowest BCUT2D eigenvalue weighted by Gasteiger charge is -2.08. The summed E-state index contributed by atoms with van der Waals surface area (Å²) in [6, 6.07) is 14.4. The van der Waals surface area contributed by atoms with Gasteiger partial charge in [0.15, 0.2) is 5.83 Å². The van der Waals surface area contributed by atoms with E-state index in [1.165, 1.54) is 5.56 Å². The molecule has 0 saturated carbocycles. The molecule has 0 heterocycles. The molecule has 0 aliphatic carbocycles. The third-order valence-electron chi connectivity index (χ3n) is 4.04. The van der Waals surface area contributed by atoms with E-state index in [4.69, 9.17) is 4.74 Å². The van der Waals surface area contributed by atoms with Crippen molar-refractivity contribution in [3.63, 3.8) is 0 Å². The molecule has 0 atom stereocenters. The van der Waals surface area contributed by atoms with Crippen LogP contribution >= 0.6 is 0 Å². The summed E-state index contributed by atoms with van der Waals surface area (Å²) in [7, 11) is 0. The van der Waals surface area contributed by atoms with Gasteiger partial charge in [0, 0.05) is 12.0 Å². The third kappa shape index (κ3) is 6.00. The molecule has 0 amide bonds. The van der Waals surface area contributed by atoms with E-state index >= 15 is 0 Å². The van der Waals surface area contributed by atoms with E-state index in [-0.39, 0.29) is 12.0 Å². The number of aryl methyl sites for hydroxylation is 1. The number of halogens is 2. The number of benzene rings is 2. The maximum atomic E-state index is 14.1. The highest BCUT2D eigenvalue weighted by molar-refractivity contribution is 5.61. The molecule has 0 unspecified atom stereocenters. The molecule has 0 saturated heterocycles. The normalized spacial score (nSPS) is 12.0. The van der Waals surface area contributed by atoms with Crippen LogP contribution in [0.5, 0.6) is 11.5 Å². The van der Waals surface area contributed by atoms with Crippen LogP contribution in [0.15, 0.2) is 54.4 Å². The lowest BCUT2D eigenvalue weighted by Crippen LogP contribution is -1.88. The maximum Gasteiger partial charge on any atom is 0.161 e. The molecule has 25 heavy (non-hydrogen) atoms. The first-order valence-electron chi connectivity index (χ1n) is 9.05. The van der Waals surface area contributed by atoms with Gasteiger partial charge in [-0.2, -0.15) is 0 Å². The second-order valence-electron chi connectivity index (χ2n) is 6.20. The van der Waals surface area contributed by atoms with Crippen LogP contribution in [0.1, 0.15) is 57.1 Å². The number of hydrogen-bond acceptors (Lipinski definition) is 1. The highest BCUT2D eigenvalue weighted by Gasteiger charge is 2.09. The minimum atomic E-state index is -0.772. The molecule has 0 N–H and O–H groups in total. The summed E-state index contributed by atoms with van der Waals surface area (Å²) in [6.45, 7) is 4.18. The molecular weight excluding hydrogens is 318 g/mol. The zero-order valence-corrected chi connectivity index (χ0v) is 15.0. The van der Waals surface area contributed by atoms with Gasteiger partial charge < -0.3 is 4.74 Å². The molecule has 2 rings (SSSR count). The average molecular weight is 344 g/mol. The number of hydrogen-bond donors (Lipinski definition) is 0. The molecule has 134 valence electrons. The van der Waals surface area contributed by atoms with Crippen LogP contribution in [0.25, 0.3) is 5.83 Å². The highest BCUT2D eigenvalue weighted by Crippen LogP contribution is 2.28. The van der Waals surface area contributed by atoms with Crippen molar-refractivity contribution in [1.29, 1.82) is 0 Å². The van der Waals surface area contributed by atoms with Crippen molar-refractivity contribution >= 4 is 5.83 Å². The monoisotopic (exact) mass is 344 g/mol. The molecular formula is C22H26F2O. The van der Waals surface area contributed by atoms with Gasteiger partial charge in [0.1, 0.15) is 17.3 Å². The van der Waals surface area contributed by atoms with Gasteiger partial charge in [-0.15, -0.1) is 0 Å². The second kappa shape index (κ2) is 9.97. The van der Waals surface area contributed by atoms with Gasteiger partial charge in [0.05, 0.1) is 0 Å². The molecule has 0 fully saturated rings. The molecule has 1 nitrogen and oxygen atoms in total. The molecule has 0 spiro atoms. The predicted octanol–water partition coefficient (Wildman–Crippen LogP) is 7.62. The molecule has 3 heteroatoms. The predicted molar refractivity (Wildman–Crippen MR) is 100 cm³/mol. The van der Waals surface area contributed by atoms with Crippen LogP contribution in [-0.4, -0.2) is 0 Å². The van der Waals surface area contributed by atoms with Crippen molar-refractivity contribution in [2.75, 3.05) is 0 Å². The van der Waals surface area contributed by atoms with E-state index in [0.29, 0.717) is 12.2 Å². The Bertz CT molecular complexity index is 672. The van der Waals surface area contributed by atoms with E-state index in [9.17, 15) is 8.78 Å². The SMILES string of the molecule is CCCCC/C(F)=C(\F)c1ccc(Oc2ccc(CCC)cc2)cc1. The Kier molecular flexibility index (Phi) is 7.65. The van der Waals surface area contributed by atoms with Crippen LogP contribution in [0.3, 0.4) is 0 Å². The van der Waals surface area contributed by atoms with Gasteiger partial charge >= 0.3 is 0 Å². The fraction of sp³-hybridized carbons (Fsp3) is 0.364. The molecule has 2 aromatic carbocycles. The Balaban J connectivity index is 2.00. The van der Waals surface area contributed by atoms with E-state index < -0.39 is 11.7 Å². The van der Waals surface area contributed by atoms with Crippen molar-refractivity contribution in [1.82, 2.24) is 0 Å². The van der Waals surface area contributed by atoms with Crippen molar-refractivity contribution in [2.24, 2.45) is 0 Å². The summed E-state index contributed by atoms with van der Waals surface area (Å²) >= 11 is 0. The van der Waals surface area contributed by atoms with Crippen LogP contribution in [0.4, 0.5) is 8.78 Å². The third-order valence-corrected chi connectivity index (χ3v) is 4.04. The maximum absolute atomic E-state index is 14.1. The Morgan fingerprint density at radius 1 is 0.800 bits per heavy atom. The molecule has 2 aromatic rings. The van der Waals surface area contributed by atoms with Crippen molar-refractivity contribution < 1.29 is 13.5 Å². The number of allylic oxidation sites excluding steroid dienone is 1. The summed E-state index contributed by atoms with van der Waals surface area (Å²) < 4.78 is 33.7. The van der Waals surface area contributed by atoms with E-state index in [1.54, 1.807) is 24.3 Å². The van der Waals surface area contributed by atoms with Crippen LogP contribution in [0, 0.1) is 0 Å². The molecule has 0 aliphatic heterocycles. The first-order valence-corrected chi connectivity index (χ1v) is 9.05. The first kappa shape index (κ1) is 19.2. The largest absolute Gasteiger partial charge is 0.457 e. The lowest BCUT2D eigenvalue weighted by molar-refractivity contribution is 0.482. The van der Waals surface area contributed by atoms with Crippen LogP contribution in [0.2, 0.25) is 0 Å². The minimum absolute atomic E-state index is 0.155. The Morgan fingerprint density at radius 3 is 1.96 bits per heavy atom. The summed E-state index contributed by atoms with van der Waals surface area (Å²) in [6.07, 6.45) is 4.87. The highest BCUT2D eigenvalue weighted by atomic mass is 19.2. The van der Waals surface area contributed by atoms with E-state index in [2.05, 4.69) is 6.92 Å². The minimum Gasteiger partial charge on any atom is -0.457 e. The fourth-order valence-electron chi connectivity index (χ4n) is 2.61. The smallest absolute Gasteiger partial charge is 0.161 e. The van der Waals surface area contributed by atoms with Gasteiger partial charge in [0.25, 0.3) is 0 Å². The average Bonchev–Trinajstić information content (AvgIpc) is 2.64. The van der Waals surface area contributed by atoms with Crippen molar-refractivity contribution in [3.8, 4) is 11.5 Å². The number of unbranched alkanes of at least 4 members (excludes halogenated alkanes) is 2. The number of ether oxygens (including phenoxy) is 1. The first-order chi connectivity index (χ1) is 12.1. The molecule has 0 aliphatic rings. The van der Waals surface area contributed by atoms with Crippen LogP contribution in [-0.2, 0) is 6.42 Å². The van der Waals surface area contributed by atoms with Gasteiger partial charge in [-0.3, -0.25) is 0 Å².